The first-order valence-corrected chi connectivity index (χ1v) is 6.56. The molecule has 3 nitrogen and oxygen atoms in total. The van der Waals surface area contributed by atoms with E-state index in [1.807, 2.05) is 6.07 Å². The SMILES string of the molecule is CCC(CC)N(CC(C)C)c1ccnc(N)c1. The molecular formula is C14H25N3. The van der Waals surface area contributed by atoms with E-state index in [2.05, 4.69) is 43.6 Å². The van der Waals surface area contributed by atoms with Gasteiger partial charge < -0.3 is 10.6 Å². The van der Waals surface area contributed by atoms with Crippen LogP contribution in [0.15, 0.2) is 18.3 Å². The van der Waals surface area contributed by atoms with E-state index in [1.54, 1.807) is 6.20 Å². The highest BCUT2D eigenvalue weighted by Gasteiger charge is 2.17. The number of aromatic nitrogens is 1. The van der Waals surface area contributed by atoms with Crippen molar-refractivity contribution in [1.82, 2.24) is 4.98 Å². The minimum atomic E-state index is 0.583. The Morgan fingerprint density at radius 2 is 1.94 bits per heavy atom. The highest BCUT2D eigenvalue weighted by Crippen LogP contribution is 2.22. The summed E-state index contributed by atoms with van der Waals surface area (Å²) in [5, 5.41) is 0. The van der Waals surface area contributed by atoms with Gasteiger partial charge in [-0.25, -0.2) is 4.98 Å². The van der Waals surface area contributed by atoms with Crippen LogP contribution in [0, 0.1) is 5.92 Å². The maximum Gasteiger partial charge on any atom is 0.125 e. The highest BCUT2D eigenvalue weighted by molar-refractivity contribution is 5.52. The zero-order chi connectivity index (χ0) is 12.8. The fourth-order valence-electron chi connectivity index (χ4n) is 2.20. The van der Waals surface area contributed by atoms with Crippen LogP contribution in [0.25, 0.3) is 0 Å². The largest absolute Gasteiger partial charge is 0.384 e. The van der Waals surface area contributed by atoms with E-state index in [9.17, 15) is 0 Å². The molecule has 0 saturated carbocycles. The van der Waals surface area contributed by atoms with Crippen LogP contribution in [0.5, 0.6) is 0 Å². The van der Waals surface area contributed by atoms with Gasteiger partial charge in [-0.1, -0.05) is 27.7 Å². The molecule has 0 spiro atoms. The van der Waals surface area contributed by atoms with Crippen molar-refractivity contribution >= 4 is 11.5 Å². The van der Waals surface area contributed by atoms with Gasteiger partial charge in [0.2, 0.25) is 0 Å². The van der Waals surface area contributed by atoms with Crippen LogP contribution >= 0.6 is 0 Å². The van der Waals surface area contributed by atoms with Crippen molar-refractivity contribution in [1.29, 1.82) is 0 Å². The Morgan fingerprint density at radius 3 is 2.41 bits per heavy atom. The van der Waals surface area contributed by atoms with E-state index in [0.29, 0.717) is 17.8 Å². The van der Waals surface area contributed by atoms with Crippen LogP contribution in [0.3, 0.4) is 0 Å². The van der Waals surface area contributed by atoms with Gasteiger partial charge in [0.05, 0.1) is 0 Å². The molecule has 0 amide bonds. The number of nitrogens with two attached hydrogens (primary N) is 1. The van der Waals surface area contributed by atoms with Gasteiger partial charge in [-0.2, -0.15) is 0 Å². The van der Waals surface area contributed by atoms with Gasteiger partial charge >= 0.3 is 0 Å². The van der Waals surface area contributed by atoms with Crippen molar-refractivity contribution in [3.05, 3.63) is 18.3 Å². The summed E-state index contributed by atoms with van der Waals surface area (Å²) in [5.74, 6) is 1.24. The van der Waals surface area contributed by atoms with E-state index < -0.39 is 0 Å². The standard InChI is InChI=1S/C14H25N3/c1-5-12(6-2)17(10-11(3)4)13-7-8-16-14(15)9-13/h7-9,11-12H,5-6,10H2,1-4H3,(H2,15,16). The van der Waals surface area contributed by atoms with Crippen molar-refractivity contribution in [3.8, 4) is 0 Å². The van der Waals surface area contributed by atoms with E-state index in [0.717, 1.165) is 19.4 Å². The van der Waals surface area contributed by atoms with Crippen molar-refractivity contribution in [2.24, 2.45) is 5.92 Å². The maximum absolute atomic E-state index is 5.77. The van der Waals surface area contributed by atoms with Crippen LogP contribution in [0.2, 0.25) is 0 Å². The van der Waals surface area contributed by atoms with Crippen LogP contribution < -0.4 is 10.6 Å². The second-order valence-corrected chi connectivity index (χ2v) is 4.96. The van der Waals surface area contributed by atoms with Crippen molar-refractivity contribution in [2.75, 3.05) is 17.2 Å². The fraction of sp³-hybridized carbons (Fsp3) is 0.643. The van der Waals surface area contributed by atoms with Crippen LogP contribution in [-0.4, -0.2) is 17.6 Å². The molecule has 0 aliphatic rings. The summed E-state index contributed by atoms with van der Waals surface area (Å²) in [4.78, 5) is 6.52. The Bertz CT molecular complexity index is 332. The number of anilines is 2. The van der Waals surface area contributed by atoms with E-state index in [1.165, 1.54) is 5.69 Å². The van der Waals surface area contributed by atoms with E-state index in [-0.39, 0.29) is 0 Å². The maximum atomic E-state index is 5.77. The average molecular weight is 235 g/mol. The van der Waals surface area contributed by atoms with Gasteiger partial charge in [0.1, 0.15) is 5.82 Å². The quantitative estimate of drug-likeness (QED) is 0.822. The second kappa shape index (κ2) is 6.48. The molecule has 0 radical (unpaired) electrons. The molecule has 0 aromatic carbocycles. The Kier molecular flexibility index (Phi) is 5.26. The van der Waals surface area contributed by atoms with E-state index >= 15 is 0 Å². The summed E-state index contributed by atoms with van der Waals surface area (Å²) in [6.45, 7) is 10.0. The molecular weight excluding hydrogens is 210 g/mol. The highest BCUT2D eigenvalue weighted by atomic mass is 15.2. The van der Waals surface area contributed by atoms with Crippen LogP contribution in [-0.2, 0) is 0 Å². The molecule has 1 rings (SSSR count). The van der Waals surface area contributed by atoms with Crippen LogP contribution in [0.4, 0.5) is 11.5 Å². The molecule has 3 heteroatoms. The molecule has 0 atom stereocenters. The molecule has 0 aliphatic carbocycles. The number of rotatable bonds is 6. The average Bonchev–Trinajstić information content (AvgIpc) is 2.29. The minimum Gasteiger partial charge on any atom is -0.384 e. The van der Waals surface area contributed by atoms with Gasteiger partial charge in [-0.15, -0.1) is 0 Å². The molecule has 2 N–H and O–H groups in total. The third-order valence-electron chi connectivity index (χ3n) is 3.04. The number of nitrogen functional groups attached to an aromatic ring is 1. The number of hydrogen-bond acceptors (Lipinski definition) is 3. The molecule has 17 heavy (non-hydrogen) atoms. The van der Waals surface area contributed by atoms with Gasteiger partial charge in [-0.05, 0) is 24.8 Å². The molecule has 0 aliphatic heterocycles. The lowest BCUT2D eigenvalue weighted by Crippen LogP contribution is -2.37. The molecule has 0 bridgehead atoms. The Balaban J connectivity index is 2.96. The lowest BCUT2D eigenvalue weighted by atomic mass is 10.1. The summed E-state index contributed by atoms with van der Waals surface area (Å²) < 4.78 is 0. The van der Waals surface area contributed by atoms with Gasteiger partial charge in [0, 0.05) is 30.5 Å². The minimum absolute atomic E-state index is 0.583. The monoisotopic (exact) mass is 235 g/mol. The lowest BCUT2D eigenvalue weighted by molar-refractivity contribution is 0.507. The Morgan fingerprint density at radius 1 is 1.29 bits per heavy atom. The number of nitrogens with zero attached hydrogens (tertiary/aromatic N) is 2. The van der Waals surface area contributed by atoms with Crippen molar-refractivity contribution in [2.45, 2.75) is 46.6 Å². The molecule has 1 aromatic heterocycles. The molecule has 0 fully saturated rings. The first-order chi connectivity index (χ1) is 8.08. The lowest BCUT2D eigenvalue weighted by Gasteiger charge is -2.34. The third kappa shape index (κ3) is 3.91. The second-order valence-electron chi connectivity index (χ2n) is 4.96. The molecule has 0 saturated heterocycles. The molecule has 1 aromatic rings. The third-order valence-corrected chi connectivity index (χ3v) is 3.04. The first-order valence-electron chi connectivity index (χ1n) is 6.56. The number of hydrogen-bond donors (Lipinski definition) is 1. The van der Waals surface area contributed by atoms with Crippen molar-refractivity contribution in [3.63, 3.8) is 0 Å². The summed E-state index contributed by atoms with van der Waals surface area (Å²) in [5.41, 5.74) is 6.97. The van der Waals surface area contributed by atoms with E-state index in [4.69, 9.17) is 5.73 Å². The summed E-state index contributed by atoms with van der Waals surface area (Å²) in [6.07, 6.45) is 4.11. The smallest absolute Gasteiger partial charge is 0.125 e. The first kappa shape index (κ1) is 13.8. The molecule has 96 valence electrons. The normalized spacial score (nSPS) is 11.2. The topological polar surface area (TPSA) is 42.2 Å². The zero-order valence-electron chi connectivity index (χ0n) is 11.5. The van der Waals surface area contributed by atoms with Crippen molar-refractivity contribution < 1.29 is 0 Å². The number of pyridine rings is 1. The molecule has 0 unspecified atom stereocenters. The van der Waals surface area contributed by atoms with Gasteiger partial charge in [-0.3, -0.25) is 0 Å². The van der Waals surface area contributed by atoms with Gasteiger partial charge in [0.25, 0.3) is 0 Å². The van der Waals surface area contributed by atoms with Gasteiger partial charge in [0.15, 0.2) is 0 Å². The summed E-state index contributed by atoms with van der Waals surface area (Å²) >= 11 is 0. The fourth-order valence-corrected chi connectivity index (χ4v) is 2.20. The summed E-state index contributed by atoms with van der Waals surface area (Å²) in [6, 6.07) is 4.61. The predicted octanol–water partition coefficient (Wildman–Crippen LogP) is 3.31. The molecule has 1 heterocycles. The van der Waals surface area contributed by atoms with Crippen LogP contribution in [0.1, 0.15) is 40.5 Å². The summed E-state index contributed by atoms with van der Waals surface area (Å²) in [7, 11) is 0. The Labute approximate surface area is 105 Å². The predicted molar refractivity (Wildman–Crippen MR) is 75.2 cm³/mol. The zero-order valence-corrected chi connectivity index (χ0v) is 11.5. The Hall–Kier alpha value is -1.25.